The lowest BCUT2D eigenvalue weighted by Crippen LogP contribution is -2.52. The number of aromatic nitrogens is 1. The van der Waals surface area contributed by atoms with Crippen LogP contribution in [-0.2, 0) is 11.3 Å². The molecular weight excluding hydrogens is 252 g/mol. The van der Waals surface area contributed by atoms with Crippen molar-refractivity contribution in [1.82, 2.24) is 9.88 Å². The molecular formula is C16H20N2O2. The second-order valence-corrected chi connectivity index (χ2v) is 5.81. The van der Waals surface area contributed by atoms with Crippen molar-refractivity contribution in [3.8, 4) is 0 Å². The van der Waals surface area contributed by atoms with Gasteiger partial charge in [0.05, 0.1) is 19.3 Å². The van der Waals surface area contributed by atoms with E-state index in [1.807, 2.05) is 24.3 Å². The zero-order valence-electron chi connectivity index (χ0n) is 11.6. The summed E-state index contributed by atoms with van der Waals surface area (Å²) in [5, 5.41) is 0. The molecule has 2 fully saturated rings. The molecule has 106 valence electrons. The molecule has 1 aliphatic heterocycles. The van der Waals surface area contributed by atoms with Gasteiger partial charge >= 0.3 is 0 Å². The van der Waals surface area contributed by atoms with Crippen LogP contribution in [0.4, 0.5) is 0 Å². The van der Waals surface area contributed by atoms with Crippen LogP contribution < -0.4 is 0 Å². The largest absolute Gasteiger partial charge is 0.439 e. The highest BCUT2D eigenvalue weighted by Crippen LogP contribution is 2.29. The Hall–Kier alpha value is -1.39. The summed E-state index contributed by atoms with van der Waals surface area (Å²) in [6.07, 6.45) is 5.48. The Bertz CT molecular complexity index is 560. The second kappa shape index (κ2) is 5.19. The minimum atomic E-state index is 0.418. The van der Waals surface area contributed by atoms with Crippen molar-refractivity contribution >= 4 is 11.1 Å². The third-order valence-corrected chi connectivity index (χ3v) is 4.52. The number of morpholine rings is 1. The van der Waals surface area contributed by atoms with Crippen LogP contribution in [0.25, 0.3) is 11.1 Å². The maximum Gasteiger partial charge on any atom is 0.209 e. The molecule has 0 radical (unpaired) electrons. The van der Waals surface area contributed by atoms with E-state index in [1.54, 1.807) is 0 Å². The molecule has 2 aliphatic rings. The highest BCUT2D eigenvalue weighted by molar-refractivity contribution is 5.72. The Balaban J connectivity index is 1.54. The van der Waals surface area contributed by atoms with E-state index in [2.05, 4.69) is 9.88 Å². The highest BCUT2D eigenvalue weighted by Gasteiger charge is 2.34. The molecule has 0 amide bonds. The van der Waals surface area contributed by atoms with Crippen LogP contribution in [0, 0.1) is 0 Å². The summed E-state index contributed by atoms with van der Waals surface area (Å²) in [5.41, 5.74) is 1.84. The van der Waals surface area contributed by atoms with Gasteiger partial charge in [-0.2, -0.15) is 0 Å². The number of para-hydroxylation sites is 2. The maximum atomic E-state index is 5.92. The predicted octanol–water partition coefficient (Wildman–Crippen LogP) is 2.97. The summed E-state index contributed by atoms with van der Waals surface area (Å²) in [7, 11) is 0. The molecule has 4 rings (SSSR count). The SMILES string of the molecule is c1ccc2oc(CN3CCOC4CCCCC43)nc2c1. The van der Waals surface area contributed by atoms with E-state index in [4.69, 9.17) is 9.15 Å². The first kappa shape index (κ1) is 12.4. The molecule has 4 heteroatoms. The molecule has 1 aromatic carbocycles. The van der Waals surface area contributed by atoms with E-state index >= 15 is 0 Å². The normalized spacial score (nSPS) is 27.6. The fourth-order valence-electron chi connectivity index (χ4n) is 3.53. The van der Waals surface area contributed by atoms with Crippen molar-refractivity contribution in [1.29, 1.82) is 0 Å². The summed E-state index contributed by atoms with van der Waals surface area (Å²) < 4.78 is 11.8. The molecule has 0 spiro atoms. The Morgan fingerprint density at radius 2 is 2.10 bits per heavy atom. The first-order valence-corrected chi connectivity index (χ1v) is 7.60. The fraction of sp³-hybridized carbons (Fsp3) is 0.562. The Labute approximate surface area is 118 Å². The van der Waals surface area contributed by atoms with Gasteiger partial charge in [0.2, 0.25) is 5.89 Å². The summed E-state index contributed by atoms with van der Waals surface area (Å²) in [6, 6.07) is 8.52. The molecule has 1 saturated carbocycles. The number of oxazole rings is 1. The van der Waals surface area contributed by atoms with Gasteiger partial charge in [-0.15, -0.1) is 0 Å². The summed E-state index contributed by atoms with van der Waals surface area (Å²) in [4.78, 5) is 7.09. The third-order valence-electron chi connectivity index (χ3n) is 4.52. The third kappa shape index (κ3) is 2.23. The minimum Gasteiger partial charge on any atom is -0.439 e. The summed E-state index contributed by atoms with van der Waals surface area (Å²) in [5.74, 6) is 0.831. The fourth-order valence-corrected chi connectivity index (χ4v) is 3.53. The zero-order valence-corrected chi connectivity index (χ0v) is 11.6. The van der Waals surface area contributed by atoms with E-state index in [0.717, 1.165) is 36.7 Å². The Kier molecular flexibility index (Phi) is 3.20. The lowest BCUT2D eigenvalue weighted by Gasteiger charge is -2.43. The molecule has 2 unspecified atom stereocenters. The van der Waals surface area contributed by atoms with Crippen molar-refractivity contribution < 1.29 is 9.15 Å². The van der Waals surface area contributed by atoms with Gasteiger partial charge in [0, 0.05) is 12.6 Å². The zero-order chi connectivity index (χ0) is 13.4. The number of hydrogen-bond donors (Lipinski definition) is 0. The Morgan fingerprint density at radius 3 is 3.05 bits per heavy atom. The first-order valence-electron chi connectivity index (χ1n) is 7.60. The van der Waals surface area contributed by atoms with Crippen LogP contribution in [0.15, 0.2) is 28.7 Å². The quantitative estimate of drug-likeness (QED) is 0.842. The highest BCUT2D eigenvalue weighted by atomic mass is 16.5. The van der Waals surface area contributed by atoms with Gasteiger partial charge in [0.15, 0.2) is 5.58 Å². The number of nitrogens with zero attached hydrogens (tertiary/aromatic N) is 2. The van der Waals surface area contributed by atoms with Gasteiger partial charge in [-0.05, 0) is 25.0 Å². The molecule has 2 heterocycles. The van der Waals surface area contributed by atoms with Crippen molar-refractivity contribution in [3.05, 3.63) is 30.2 Å². The lowest BCUT2D eigenvalue weighted by molar-refractivity contribution is -0.0929. The van der Waals surface area contributed by atoms with Gasteiger partial charge in [0.25, 0.3) is 0 Å². The topological polar surface area (TPSA) is 38.5 Å². The predicted molar refractivity (Wildman–Crippen MR) is 76.4 cm³/mol. The molecule has 1 saturated heterocycles. The van der Waals surface area contributed by atoms with Crippen LogP contribution in [0.5, 0.6) is 0 Å². The first-order chi connectivity index (χ1) is 9.90. The molecule has 2 atom stereocenters. The lowest BCUT2D eigenvalue weighted by atomic mass is 9.90. The number of fused-ring (bicyclic) bond motifs is 2. The van der Waals surface area contributed by atoms with Crippen molar-refractivity contribution in [2.24, 2.45) is 0 Å². The maximum absolute atomic E-state index is 5.92. The van der Waals surface area contributed by atoms with Gasteiger partial charge in [-0.1, -0.05) is 25.0 Å². The average Bonchev–Trinajstić information content (AvgIpc) is 2.90. The van der Waals surface area contributed by atoms with E-state index in [9.17, 15) is 0 Å². The smallest absolute Gasteiger partial charge is 0.209 e. The molecule has 1 aliphatic carbocycles. The minimum absolute atomic E-state index is 0.418. The molecule has 2 aromatic rings. The van der Waals surface area contributed by atoms with Crippen LogP contribution >= 0.6 is 0 Å². The molecule has 4 nitrogen and oxygen atoms in total. The standard InChI is InChI=1S/C16H20N2O2/c1-3-7-14-12(5-1)17-16(20-14)11-18-9-10-19-15-8-4-2-6-13(15)18/h1,3,5,7,13,15H,2,4,6,8-11H2. The van der Waals surface area contributed by atoms with Gasteiger partial charge in [0.1, 0.15) is 5.52 Å². The average molecular weight is 272 g/mol. The van der Waals surface area contributed by atoms with Crippen LogP contribution in [0.1, 0.15) is 31.6 Å². The van der Waals surface area contributed by atoms with Gasteiger partial charge < -0.3 is 9.15 Å². The second-order valence-electron chi connectivity index (χ2n) is 5.81. The summed E-state index contributed by atoms with van der Waals surface area (Å²) >= 11 is 0. The van der Waals surface area contributed by atoms with Crippen molar-refractivity contribution in [2.75, 3.05) is 13.2 Å². The molecule has 20 heavy (non-hydrogen) atoms. The molecule has 0 bridgehead atoms. The van der Waals surface area contributed by atoms with E-state index in [1.165, 1.54) is 25.7 Å². The van der Waals surface area contributed by atoms with Crippen LogP contribution in [0.3, 0.4) is 0 Å². The van der Waals surface area contributed by atoms with Crippen LogP contribution in [-0.4, -0.2) is 35.2 Å². The van der Waals surface area contributed by atoms with Gasteiger partial charge in [-0.25, -0.2) is 4.98 Å². The van der Waals surface area contributed by atoms with E-state index < -0.39 is 0 Å². The summed E-state index contributed by atoms with van der Waals surface area (Å²) in [6.45, 7) is 2.63. The van der Waals surface area contributed by atoms with Crippen LogP contribution in [0.2, 0.25) is 0 Å². The monoisotopic (exact) mass is 272 g/mol. The number of rotatable bonds is 2. The molecule has 1 aromatic heterocycles. The number of ether oxygens (including phenoxy) is 1. The van der Waals surface area contributed by atoms with Crippen molar-refractivity contribution in [3.63, 3.8) is 0 Å². The van der Waals surface area contributed by atoms with Crippen molar-refractivity contribution in [2.45, 2.75) is 44.4 Å². The van der Waals surface area contributed by atoms with E-state index in [0.29, 0.717) is 12.1 Å². The van der Waals surface area contributed by atoms with E-state index in [-0.39, 0.29) is 0 Å². The number of benzene rings is 1. The number of hydrogen-bond acceptors (Lipinski definition) is 4. The van der Waals surface area contributed by atoms with Gasteiger partial charge in [-0.3, -0.25) is 4.90 Å². The molecule has 0 N–H and O–H groups in total. The Morgan fingerprint density at radius 1 is 1.20 bits per heavy atom.